The second-order valence-electron chi connectivity index (χ2n) is 5.67. The molecule has 2 aromatic carbocycles. The van der Waals surface area contributed by atoms with Crippen LogP contribution >= 0.6 is 0 Å². The smallest absolute Gasteiger partial charge is 0.269 e. The molecule has 1 aromatic heterocycles. The zero-order chi connectivity index (χ0) is 19.9. The summed E-state index contributed by atoms with van der Waals surface area (Å²) in [6.07, 6.45) is 2.95. The molecule has 7 nitrogen and oxygen atoms in total. The van der Waals surface area contributed by atoms with E-state index in [4.69, 9.17) is 14.4 Å². The number of hydrogen-bond donors (Lipinski definition) is 0. The number of carbonyl (C=O) groups excluding carboxylic acids is 1. The van der Waals surface area contributed by atoms with Gasteiger partial charge in [-0.25, -0.2) is 0 Å². The van der Waals surface area contributed by atoms with E-state index >= 15 is 0 Å². The largest absolute Gasteiger partial charge is 0.479 e. The van der Waals surface area contributed by atoms with Gasteiger partial charge in [-0.3, -0.25) is 14.9 Å². The summed E-state index contributed by atoms with van der Waals surface area (Å²) in [7, 11) is 0. The number of rotatable bonds is 7. The van der Waals surface area contributed by atoms with Crippen LogP contribution in [-0.2, 0) is 0 Å². The average molecular weight is 374 g/mol. The number of nitro benzene ring substituents is 1. The normalized spacial score (nSPS) is 10.5. The molecule has 0 saturated heterocycles. The van der Waals surface area contributed by atoms with E-state index in [9.17, 15) is 14.9 Å². The second-order valence-corrected chi connectivity index (χ2v) is 5.67. The van der Waals surface area contributed by atoms with Crippen LogP contribution in [0.4, 0.5) is 5.69 Å². The van der Waals surface area contributed by atoms with E-state index in [2.05, 4.69) is 0 Å². The fourth-order valence-corrected chi connectivity index (χ4v) is 2.43. The van der Waals surface area contributed by atoms with Gasteiger partial charge in [0, 0.05) is 23.3 Å². The lowest BCUT2D eigenvalue weighted by molar-refractivity contribution is -0.384. The molecule has 0 saturated carbocycles. The number of benzene rings is 2. The Morgan fingerprint density at radius 3 is 2.46 bits per heavy atom. The van der Waals surface area contributed by atoms with Crippen LogP contribution in [0.2, 0.25) is 0 Å². The molecule has 7 heteroatoms. The highest BCUT2D eigenvalue weighted by Gasteiger charge is 2.08. The number of non-ortho nitro benzene ring substituents is 1. The van der Waals surface area contributed by atoms with E-state index in [1.165, 1.54) is 18.2 Å². The van der Waals surface area contributed by atoms with Gasteiger partial charge < -0.3 is 9.15 Å². The molecule has 1 heterocycles. The molecule has 3 aromatic rings. The lowest BCUT2D eigenvalue weighted by atomic mass is 10.1. The first-order valence-corrected chi connectivity index (χ1v) is 8.24. The van der Waals surface area contributed by atoms with Gasteiger partial charge in [0.05, 0.1) is 4.92 Å². The van der Waals surface area contributed by atoms with Crippen molar-refractivity contribution in [1.82, 2.24) is 0 Å². The van der Waals surface area contributed by atoms with Crippen LogP contribution in [0.15, 0.2) is 71.2 Å². The molecule has 0 radical (unpaired) electrons. The van der Waals surface area contributed by atoms with Crippen molar-refractivity contribution < 1.29 is 18.9 Å². The van der Waals surface area contributed by atoms with Crippen LogP contribution in [0, 0.1) is 21.4 Å². The summed E-state index contributed by atoms with van der Waals surface area (Å²) in [4.78, 5) is 22.5. The predicted octanol–water partition coefficient (Wildman–Crippen LogP) is 4.65. The summed E-state index contributed by atoms with van der Waals surface area (Å²) in [5.74, 6) is 1.33. The van der Waals surface area contributed by atoms with E-state index in [0.29, 0.717) is 28.4 Å². The van der Waals surface area contributed by atoms with Crippen molar-refractivity contribution in [1.29, 1.82) is 5.26 Å². The van der Waals surface area contributed by atoms with E-state index in [1.54, 1.807) is 54.6 Å². The van der Waals surface area contributed by atoms with Gasteiger partial charge in [0.15, 0.2) is 12.4 Å². The molecule has 0 spiro atoms. The van der Waals surface area contributed by atoms with Crippen molar-refractivity contribution in [3.63, 3.8) is 0 Å². The number of allylic oxidation sites excluding steroid dienone is 1. The topological polar surface area (TPSA) is 106 Å². The zero-order valence-electron chi connectivity index (χ0n) is 14.6. The second kappa shape index (κ2) is 8.47. The van der Waals surface area contributed by atoms with Crippen molar-refractivity contribution in [3.05, 3.63) is 88.2 Å². The first-order chi connectivity index (χ1) is 13.6. The summed E-state index contributed by atoms with van der Waals surface area (Å²) in [6, 6.07) is 17.8. The van der Waals surface area contributed by atoms with Gasteiger partial charge in [-0.1, -0.05) is 0 Å². The number of nitro groups is 1. The van der Waals surface area contributed by atoms with E-state index in [0.717, 1.165) is 0 Å². The molecular formula is C21H14N2O5. The summed E-state index contributed by atoms with van der Waals surface area (Å²) < 4.78 is 10.8. The van der Waals surface area contributed by atoms with Crippen LogP contribution in [-0.4, -0.2) is 17.3 Å². The average Bonchev–Trinajstić information content (AvgIpc) is 3.20. The van der Waals surface area contributed by atoms with Crippen molar-refractivity contribution in [2.75, 3.05) is 6.61 Å². The maximum atomic E-state index is 12.2. The third-order valence-electron chi connectivity index (χ3n) is 3.83. The van der Waals surface area contributed by atoms with Crippen molar-refractivity contribution in [2.24, 2.45) is 0 Å². The SMILES string of the molecule is N#CCOc1ccc(C(=O)/C=C/c2ccc(-c3ccc([N+](=O)[O-])cc3)o2)cc1. The fourth-order valence-electron chi connectivity index (χ4n) is 2.43. The number of hydrogen-bond acceptors (Lipinski definition) is 6. The molecule has 0 fully saturated rings. The number of furan rings is 1. The van der Waals surface area contributed by atoms with Gasteiger partial charge in [0.25, 0.3) is 5.69 Å². The minimum Gasteiger partial charge on any atom is -0.479 e. The molecule has 0 aliphatic rings. The Bertz CT molecular complexity index is 1060. The zero-order valence-corrected chi connectivity index (χ0v) is 14.6. The number of ether oxygens (including phenoxy) is 1. The number of nitriles is 1. The van der Waals surface area contributed by atoms with Crippen molar-refractivity contribution in [2.45, 2.75) is 0 Å². The predicted molar refractivity (Wildman–Crippen MR) is 102 cm³/mol. The molecule has 0 aliphatic heterocycles. The van der Waals surface area contributed by atoms with Gasteiger partial charge >= 0.3 is 0 Å². The maximum absolute atomic E-state index is 12.2. The van der Waals surface area contributed by atoms with E-state index in [1.807, 2.05) is 6.07 Å². The molecule has 0 atom stereocenters. The van der Waals surface area contributed by atoms with Crippen LogP contribution in [0.25, 0.3) is 17.4 Å². The third-order valence-corrected chi connectivity index (χ3v) is 3.83. The summed E-state index contributed by atoms with van der Waals surface area (Å²) in [6.45, 7) is -0.0528. The van der Waals surface area contributed by atoms with Crippen LogP contribution in [0.1, 0.15) is 16.1 Å². The van der Waals surface area contributed by atoms with Crippen LogP contribution < -0.4 is 4.74 Å². The summed E-state index contributed by atoms with van der Waals surface area (Å²) in [5, 5.41) is 19.2. The Hall–Kier alpha value is -4.18. The molecule has 0 N–H and O–H groups in total. The highest BCUT2D eigenvalue weighted by atomic mass is 16.6. The first-order valence-electron chi connectivity index (χ1n) is 8.24. The quantitative estimate of drug-likeness (QED) is 0.258. The highest BCUT2D eigenvalue weighted by Crippen LogP contribution is 2.25. The molecule has 0 bridgehead atoms. The Labute approximate surface area is 160 Å². The first kappa shape index (κ1) is 18.6. The monoisotopic (exact) mass is 374 g/mol. The molecule has 138 valence electrons. The van der Waals surface area contributed by atoms with Gasteiger partial charge in [-0.05, 0) is 60.7 Å². The summed E-state index contributed by atoms with van der Waals surface area (Å²) in [5.41, 5.74) is 1.18. The molecule has 0 unspecified atom stereocenters. The van der Waals surface area contributed by atoms with Crippen molar-refractivity contribution in [3.8, 4) is 23.1 Å². The standard InChI is InChI=1S/C21H14N2O5/c22-13-14-27-18-7-3-15(4-8-18)20(24)11-9-19-10-12-21(28-19)16-1-5-17(6-2-16)23(25)26/h1-12H,14H2/b11-9+. The minimum atomic E-state index is -0.464. The Kier molecular flexibility index (Phi) is 5.63. The van der Waals surface area contributed by atoms with Gasteiger partial charge in [0.2, 0.25) is 0 Å². The summed E-state index contributed by atoms with van der Waals surface area (Å²) >= 11 is 0. The molecule has 28 heavy (non-hydrogen) atoms. The number of ketones is 1. The van der Waals surface area contributed by atoms with Gasteiger partial charge in [-0.2, -0.15) is 5.26 Å². The molecule has 3 rings (SSSR count). The lowest BCUT2D eigenvalue weighted by Gasteiger charge is -2.01. The maximum Gasteiger partial charge on any atom is 0.269 e. The van der Waals surface area contributed by atoms with Crippen LogP contribution in [0.3, 0.4) is 0 Å². The molecule has 0 aliphatic carbocycles. The van der Waals surface area contributed by atoms with E-state index in [-0.39, 0.29) is 18.1 Å². The Morgan fingerprint density at radius 2 is 1.82 bits per heavy atom. The van der Waals surface area contributed by atoms with Gasteiger partial charge in [-0.15, -0.1) is 0 Å². The molecular weight excluding hydrogens is 360 g/mol. The third kappa shape index (κ3) is 4.51. The highest BCUT2D eigenvalue weighted by molar-refractivity contribution is 6.06. The number of nitrogens with zero attached hydrogens (tertiary/aromatic N) is 2. The van der Waals surface area contributed by atoms with Crippen LogP contribution in [0.5, 0.6) is 5.75 Å². The van der Waals surface area contributed by atoms with E-state index < -0.39 is 4.92 Å². The lowest BCUT2D eigenvalue weighted by Crippen LogP contribution is -1.96. The molecule has 0 amide bonds. The Morgan fingerprint density at radius 1 is 1.11 bits per heavy atom. The Balaban J connectivity index is 1.67. The number of carbonyl (C=O) groups is 1. The van der Waals surface area contributed by atoms with Crippen molar-refractivity contribution >= 4 is 17.5 Å². The van der Waals surface area contributed by atoms with Gasteiger partial charge in [0.1, 0.15) is 23.3 Å². The minimum absolute atomic E-state index is 0.00469. The fraction of sp³-hybridized carbons (Fsp3) is 0.0476.